The maximum Gasteiger partial charge on any atom is 0.262 e. The molecule has 0 aromatic heterocycles. The van der Waals surface area contributed by atoms with Crippen LogP contribution in [-0.2, 0) is 20.0 Å². The highest BCUT2D eigenvalue weighted by molar-refractivity contribution is 7.92. The molecule has 8 nitrogen and oxygen atoms in total. The van der Waals surface area contributed by atoms with Crippen molar-refractivity contribution in [2.75, 3.05) is 21.0 Å². The molecule has 11 heteroatoms. The van der Waals surface area contributed by atoms with Crippen LogP contribution in [0.25, 0.3) is 0 Å². The molecule has 3 aromatic rings. The standard InChI is InChI=1S/C21H20FN3O5S2/c1-14-10-11-16(13-20(14)32(29,30)25-19-9-4-3-8-18(19)22)23-21(26)15-6-5-7-17(12-15)24-31(2,27)28/h3-13,24-25H,1-2H3,(H,23,26). The van der Waals surface area contributed by atoms with E-state index in [0.29, 0.717) is 5.56 Å². The zero-order chi connectivity index (χ0) is 23.5. The summed E-state index contributed by atoms with van der Waals surface area (Å²) >= 11 is 0. The van der Waals surface area contributed by atoms with Crippen molar-refractivity contribution >= 4 is 43.0 Å². The van der Waals surface area contributed by atoms with E-state index in [1.165, 1.54) is 60.7 Å². The number of hydrogen-bond donors (Lipinski definition) is 3. The van der Waals surface area contributed by atoms with Crippen LogP contribution >= 0.6 is 0 Å². The quantitative estimate of drug-likeness (QED) is 0.480. The van der Waals surface area contributed by atoms with Gasteiger partial charge in [-0.15, -0.1) is 0 Å². The van der Waals surface area contributed by atoms with Crippen molar-refractivity contribution in [3.63, 3.8) is 0 Å². The Morgan fingerprint density at radius 2 is 1.56 bits per heavy atom. The summed E-state index contributed by atoms with van der Waals surface area (Å²) in [5.41, 5.74) is 0.758. The fourth-order valence-corrected chi connectivity index (χ4v) is 4.75. The number of carbonyl (C=O) groups is 1. The zero-order valence-electron chi connectivity index (χ0n) is 17.1. The smallest absolute Gasteiger partial charge is 0.262 e. The first kappa shape index (κ1) is 23.2. The third-order valence-corrected chi connectivity index (χ3v) is 6.40. The average Bonchev–Trinajstić information content (AvgIpc) is 2.70. The predicted molar refractivity (Wildman–Crippen MR) is 121 cm³/mol. The van der Waals surface area contributed by atoms with Gasteiger partial charge in [-0.1, -0.05) is 24.3 Å². The van der Waals surface area contributed by atoms with Crippen LogP contribution in [0.15, 0.2) is 71.6 Å². The Balaban J connectivity index is 1.85. The van der Waals surface area contributed by atoms with Crippen LogP contribution in [-0.4, -0.2) is 29.0 Å². The Bertz CT molecular complexity index is 1390. The maximum absolute atomic E-state index is 13.9. The van der Waals surface area contributed by atoms with Gasteiger partial charge in [0.2, 0.25) is 10.0 Å². The van der Waals surface area contributed by atoms with Crippen LogP contribution < -0.4 is 14.8 Å². The second-order valence-corrected chi connectivity index (χ2v) is 10.4. The van der Waals surface area contributed by atoms with Crippen molar-refractivity contribution in [1.82, 2.24) is 0 Å². The summed E-state index contributed by atoms with van der Waals surface area (Å²) in [6.45, 7) is 1.57. The summed E-state index contributed by atoms with van der Waals surface area (Å²) in [6, 6.07) is 15.5. The first-order chi connectivity index (χ1) is 14.9. The van der Waals surface area contributed by atoms with Crippen molar-refractivity contribution in [2.24, 2.45) is 0 Å². The molecule has 32 heavy (non-hydrogen) atoms. The fraction of sp³-hybridized carbons (Fsp3) is 0.0952. The van der Waals surface area contributed by atoms with Crippen molar-refractivity contribution in [1.29, 1.82) is 0 Å². The lowest BCUT2D eigenvalue weighted by Gasteiger charge is -2.13. The Morgan fingerprint density at radius 3 is 2.25 bits per heavy atom. The van der Waals surface area contributed by atoms with Gasteiger partial charge in [0.1, 0.15) is 5.82 Å². The van der Waals surface area contributed by atoms with Gasteiger partial charge in [-0.25, -0.2) is 21.2 Å². The number of anilines is 3. The number of carbonyl (C=O) groups excluding carboxylic acids is 1. The average molecular weight is 478 g/mol. The van der Waals surface area contributed by atoms with Gasteiger partial charge in [0.05, 0.1) is 16.8 Å². The molecular weight excluding hydrogens is 457 g/mol. The van der Waals surface area contributed by atoms with E-state index in [0.717, 1.165) is 12.3 Å². The molecular formula is C21H20FN3O5S2. The van der Waals surface area contributed by atoms with E-state index >= 15 is 0 Å². The molecule has 3 rings (SSSR count). The molecule has 0 spiro atoms. The first-order valence-corrected chi connectivity index (χ1v) is 12.6. The van der Waals surface area contributed by atoms with Crippen molar-refractivity contribution in [3.8, 4) is 0 Å². The molecule has 0 bridgehead atoms. The minimum atomic E-state index is -4.13. The van der Waals surface area contributed by atoms with E-state index in [-0.39, 0.29) is 27.5 Å². The molecule has 0 atom stereocenters. The number of hydrogen-bond acceptors (Lipinski definition) is 5. The zero-order valence-corrected chi connectivity index (χ0v) is 18.7. The van der Waals surface area contributed by atoms with Gasteiger partial charge in [0.15, 0.2) is 0 Å². The highest BCUT2D eigenvalue weighted by Crippen LogP contribution is 2.24. The van der Waals surface area contributed by atoms with Gasteiger partial charge in [-0.05, 0) is 55.0 Å². The summed E-state index contributed by atoms with van der Waals surface area (Å²) in [5.74, 6) is -1.29. The molecule has 3 N–H and O–H groups in total. The maximum atomic E-state index is 13.9. The highest BCUT2D eigenvalue weighted by Gasteiger charge is 2.20. The molecule has 0 aliphatic carbocycles. The van der Waals surface area contributed by atoms with Crippen LogP contribution in [0, 0.1) is 12.7 Å². The first-order valence-electron chi connectivity index (χ1n) is 9.22. The Hall–Kier alpha value is -3.44. The highest BCUT2D eigenvalue weighted by atomic mass is 32.2. The van der Waals surface area contributed by atoms with Crippen LogP contribution in [0.1, 0.15) is 15.9 Å². The lowest BCUT2D eigenvalue weighted by molar-refractivity contribution is 0.102. The van der Waals surface area contributed by atoms with E-state index in [2.05, 4.69) is 14.8 Å². The number of aryl methyl sites for hydroxylation is 1. The number of rotatable bonds is 7. The second-order valence-electron chi connectivity index (χ2n) is 6.97. The van der Waals surface area contributed by atoms with E-state index in [1.54, 1.807) is 6.92 Å². The Kier molecular flexibility index (Phi) is 6.51. The number of amides is 1. The van der Waals surface area contributed by atoms with Gasteiger partial charge in [-0.3, -0.25) is 14.2 Å². The largest absolute Gasteiger partial charge is 0.322 e. The fourth-order valence-electron chi connectivity index (χ4n) is 2.85. The molecule has 0 fully saturated rings. The van der Waals surface area contributed by atoms with Crippen molar-refractivity contribution in [2.45, 2.75) is 11.8 Å². The summed E-state index contributed by atoms with van der Waals surface area (Å²) in [5, 5.41) is 2.58. The second kappa shape index (κ2) is 8.97. The Morgan fingerprint density at radius 1 is 0.844 bits per heavy atom. The normalized spacial score (nSPS) is 11.6. The molecule has 0 aliphatic rings. The van der Waals surface area contributed by atoms with Crippen LogP contribution in [0.4, 0.5) is 21.5 Å². The third-order valence-electron chi connectivity index (χ3n) is 4.28. The number of sulfonamides is 2. The lowest BCUT2D eigenvalue weighted by atomic mass is 10.1. The number of benzene rings is 3. The van der Waals surface area contributed by atoms with E-state index in [9.17, 15) is 26.0 Å². The molecule has 0 saturated carbocycles. The Labute approximate surface area is 185 Å². The van der Waals surface area contributed by atoms with Crippen LogP contribution in [0.2, 0.25) is 0 Å². The molecule has 168 valence electrons. The number of halogens is 1. The van der Waals surface area contributed by atoms with Crippen molar-refractivity contribution < 1.29 is 26.0 Å². The number of para-hydroxylation sites is 1. The van der Waals surface area contributed by atoms with Gasteiger partial charge < -0.3 is 5.32 Å². The van der Waals surface area contributed by atoms with Crippen molar-refractivity contribution in [3.05, 3.63) is 83.7 Å². The van der Waals surface area contributed by atoms with E-state index < -0.39 is 31.8 Å². The molecule has 3 aromatic carbocycles. The van der Waals surface area contributed by atoms with E-state index in [1.807, 2.05) is 0 Å². The van der Waals surface area contributed by atoms with E-state index in [4.69, 9.17) is 0 Å². The SMILES string of the molecule is Cc1ccc(NC(=O)c2cccc(NS(C)(=O)=O)c2)cc1S(=O)(=O)Nc1ccccc1F. The molecule has 0 radical (unpaired) electrons. The summed E-state index contributed by atoms with van der Waals surface area (Å²) < 4.78 is 66.8. The molecule has 0 heterocycles. The molecule has 0 saturated heterocycles. The van der Waals surface area contributed by atoms with Crippen LogP contribution in [0.5, 0.6) is 0 Å². The molecule has 0 unspecified atom stereocenters. The molecule has 1 amide bonds. The van der Waals surface area contributed by atoms with Gasteiger partial charge in [0.25, 0.3) is 15.9 Å². The minimum absolute atomic E-state index is 0.133. The summed E-state index contributed by atoms with van der Waals surface area (Å²) in [4.78, 5) is 12.5. The molecule has 0 aliphatic heterocycles. The van der Waals surface area contributed by atoms with Gasteiger partial charge in [0, 0.05) is 16.9 Å². The third kappa shape index (κ3) is 5.83. The van der Waals surface area contributed by atoms with Gasteiger partial charge >= 0.3 is 0 Å². The predicted octanol–water partition coefficient (Wildman–Crippen LogP) is 3.56. The van der Waals surface area contributed by atoms with Gasteiger partial charge in [-0.2, -0.15) is 0 Å². The summed E-state index contributed by atoms with van der Waals surface area (Å²) in [7, 11) is -7.65. The monoisotopic (exact) mass is 477 g/mol. The minimum Gasteiger partial charge on any atom is -0.322 e. The lowest BCUT2D eigenvalue weighted by Crippen LogP contribution is -2.17. The summed E-state index contributed by atoms with van der Waals surface area (Å²) in [6.07, 6.45) is 0.989. The number of nitrogens with one attached hydrogen (secondary N) is 3. The van der Waals surface area contributed by atoms with Crippen LogP contribution in [0.3, 0.4) is 0 Å². The topological polar surface area (TPSA) is 121 Å².